The Morgan fingerprint density at radius 3 is 1.96 bits per heavy atom. The maximum atomic E-state index is 11.9. The van der Waals surface area contributed by atoms with E-state index in [2.05, 4.69) is 17.0 Å². The van der Waals surface area contributed by atoms with Crippen molar-refractivity contribution < 1.29 is 24.2 Å². The average Bonchev–Trinajstić information content (AvgIpc) is 2.56. The molecule has 0 saturated carbocycles. The number of rotatable bonds is 15. The third-order valence-corrected chi connectivity index (χ3v) is 3.98. The Kier molecular flexibility index (Phi) is 14.0. The average molecular weight is 343 g/mol. The zero-order chi connectivity index (χ0) is 18.2. The van der Waals surface area contributed by atoms with Gasteiger partial charge < -0.3 is 15.2 Å². The number of esters is 1. The van der Waals surface area contributed by atoms with E-state index < -0.39 is 18.0 Å². The number of carboxylic acids is 1. The summed E-state index contributed by atoms with van der Waals surface area (Å²) in [6.07, 6.45) is 10.8. The number of carbonyl (C=O) groups excluding carboxylic acids is 2. The number of methoxy groups -OCH3 is 1. The highest BCUT2D eigenvalue weighted by Crippen LogP contribution is 2.10. The predicted octanol–water partition coefficient (Wildman–Crippen LogP) is 3.43. The summed E-state index contributed by atoms with van der Waals surface area (Å²) < 4.78 is 4.60. The van der Waals surface area contributed by atoms with Crippen molar-refractivity contribution >= 4 is 17.8 Å². The Hall–Kier alpha value is -1.59. The molecule has 0 heterocycles. The lowest BCUT2D eigenvalue weighted by atomic mass is 10.1. The van der Waals surface area contributed by atoms with E-state index in [1.54, 1.807) is 0 Å². The second kappa shape index (κ2) is 15.0. The van der Waals surface area contributed by atoms with Crippen LogP contribution in [0, 0.1) is 0 Å². The molecule has 2 N–H and O–H groups in total. The molecule has 0 aliphatic heterocycles. The summed E-state index contributed by atoms with van der Waals surface area (Å²) >= 11 is 0. The highest BCUT2D eigenvalue weighted by Gasteiger charge is 2.22. The van der Waals surface area contributed by atoms with Crippen LogP contribution in [0.25, 0.3) is 0 Å². The first-order valence-electron chi connectivity index (χ1n) is 9.10. The summed E-state index contributed by atoms with van der Waals surface area (Å²) in [4.78, 5) is 34.0. The summed E-state index contributed by atoms with van der Waals surface area (Å²) in [5.41, 5.74) is 0. The van der Waals surface area contributed by atoms with Gasteiger partial charge in [-0.05, 0) is 12.8 Å². The van der Waals surface area contributed by atoms with E-state index >= 15 is 0 Å². The third-order valence-electron chi connectivity index (χ3n) is 3.98. The van der Waals surface area contributed by atoms with Gasteiger partial charge >= 0.3 is 11.9 Å². The molecule has 0 saturated heterocycles. The van der Waals surface area contributed by atoms with Gasteiger partial charge in [-0.3, -0.25) is 9.59 Å². The molecule has 0 spiro atoms. The van der Waals surface area contributed by atoms with Crippen molar-refractivity contribution in [1.29, 1.82) is 0 Å². The quantitative estimate of drug-likeness (QED) is 0.351. The number of amides is 1. The summed E-state index contributed by atoms with van der Waals surface area (Å²) in [6, 6.07) is -0.878. The van der Waals surface area contributed by atoms with Crippen molar-refractivity contribution in [3.8, 4) is 0 Å². The lowest BCUT2D eigenvalue weighted by molar-refractivity contribution is -0.146. The monoisotopic (exact) mass is 343 g/mol. The van der Waals surface area contributed by atoms with Crippen LogP contribution in [-0.4, -0.2) is 36.1 Å². The van der Waals surface area contributed by atoms with Crippen molar-refractivity contribution in [2.24, 2.45) is 0 Å². The lowest BCUT2D eigenvalue weighted by Gasteiger charge is -2.15. The molecule has 140 valence electrons. The van der Waals surface area contributed by atoms with Crippen molar-refractivity contribution in [1.82, 2.24) is 5.32 Å². The molecule has 1 amide bonds. The van der Waals surface area contributed by atoms with Crippen LogP contribution in [0.1, 0.15) is 84.0 Å². The Morgan fingerprint density at radius 2 is 1.46 bits per heavy atom. The largest absolute Gasteiger partial charge is 0.481 e. The van der Waals surface area contributed by atoms with E-state index in [4.69, 9.17) is 5.11 Å². The van der Waals surface area contributed by atoms with Crippen LogP contribution < -0.4 is 5.32 Å². The number of carbonyl (C=O) groups is 3. The van der Waals surface area contributed by atoms with Crippen molar-refractivity contribution in [2.45, 2.75) is 90.0 Å². The van der Waals surface area contributed by atoms with Gasteiger partial charge in [0.2, 0.25) is 5.91 Å². The molecule has 0 aromatic carbocycles. The molecule has 0 bridgehead atoms. The first-order valence-corrected chi connectivity index (χ1v) is 9.10. The molecule has 6 nitrogen and oxygen atoms in total. The molecule has 1 atom stereocenters. The molecule has 0 radical (unpaired) electrons. The number of carboxylic acid groups (broad SMARTS) is 1. The van der Waals surface area contributed by atoms with E-state index in [-0.39, 0.29) is 18.7 Å². The predicted molar refractivity (Wildman–Crippen MR) is 92.7 cm³/mol. The van der Waals surface area contributed by atoms with Crippen LogP contribution in [0.5, 0.6) is 0 Å². The molecule has 0 fully saturated rings. The van der Waals surface area contributed by atoms with Crippen LogP contribution in [0.4, 0.5) is 0 Å². The van der Waals surface area contributed by atoms with Gasteiger partial charge in [0, 0.05) is 12.8 Å². The molecule has 0 aromatic heterocycles. The molecular weight excluding hydrogens is 310 g/mol. The highest BCUT2D eigenvalue weighted by molar-refractivity contribution is 5.84. The van der Waals surface area contributed by atoms with Crippen molar-refractivity contribution in [3.63, 3.8) is 0 Å². The Morgan fingerprint density at radius 1 is 0.917 bits per heavy atom. The number of ether oxygens (including phenoxy) is 1. The minimum atomic E-state index is -1.00. The van der Waals surface area contributed by atoms with Crippen LogP contribution in [0.15, 0.2) is 0 Å². The van der Waals surface area contributed by atoms with E-state index in [1.807, 2.05) is 0 Å². The zero-order valence-electron chi connectivity index (χ0n) is 15.1. The standard InChI is InChI=1S/C18H33NO5/c1-3-4-5-6-7-8-9-10-11-12-16(20)19-15(18(23)24-2)13-14-17(21)22/h15H,3-14H2,1-2H3,(H,19,20)(H,21,22). The number of hydrogen-bond donors (Lipinski definition) is 2. The van der Waals surface area contributed by atoms with Crippen molar-refractivity contribution in [2.75, 3.05) is 7.11 Å². The topological polar surface area (TPSA) is 92.7 Å². The maximum Gasteiger partial charge on any atom is 0.328 e. The fourth-order valence-electron chi connectivity index (χ4n) is 2.52. The molecule has 24 heavy (non-hydrogen) atoms. The summed E-state index contributed by atoms with van der Waals surface area (Å²) in [5, 5.41) is 11.2. The van der Waals surface area contributed by atoms with Crippen LogP contribution in [0.3, 0.4) is 0 Å². The van der Waals surface area contributed by atoms with Gasteiger partial charge in [-0.2, -0.15) is 0 Å². The molecule has 0 aliphatic rings. The molecule has 0 rings (SSSR count). The van der Waals surface area contributed by atoms with Crippen LogP contribution >= 0.6 is 0 Å². The van der Waals surface area contributed by atoms with Gasteiger partial charge in [-0.15, -0.1) is 0 Å². The number of unbranched alkanes of at least 4 members (excludes halogenated alkanes) is 8. The van der Waals surface area contributed by atoms with Crippen molar-refractivity contribution in [3.05, 3.63) is 0 Å². The first-order chi connectivity index (χ1) is 11.5. The molecule has 1 unspecified atom stereocenters. The zero-order valence-corrected chi connectivity index (χ0v) is 15.1. The Labute approximate surface area is 145 Å². The lowest BCUT2D eigenvalue weighted by Crippen LogP contribution is -2.41. The number of aliphatic carboxylic acids is 1. The van der Waals surface area contributed by atoms with Gasteiger partial charge in [0.1, 0.15) is 6.04 Å². The Bertz CT molecular complexity index is 370. The minimum absolute atomic E-state index is 0.0471. The fourth-order valence-corrected chi connectivity index (χ4v) is 2.52. The molecule has 0 aliphatic carbocycles. The van der Waals surface area contributed by atoms with E-state index in [0.717, 1.165) is 19.3 Å². The second-order valence-electron chi connectivity index (χ2n) is 6.15. The van der Waals surface area contributed by atoms with Gasteiger partial charge in [-0.25, -0.2) is 4.79 Å². The normalized spacial score (nSPS) is 11.8. The van der Waals surface area contributed by atoms with Crippen LogP contribution in [-0.2, 0) is 19.1 Å². The number of nitrogens with one attached hydrogen (secondary N) is 1. The van der Waals surface area contributed by atoms with Gasteiger partial charge in [0.05, 0.1) is 7.11 Å². The second-order valence-corrected chi connectivity index (χ2v) is 6.15. The smallest absolute Gasteiger partial charge is 0.328 e. The summed E-state index contributed by atoms with van der Waals surface area (Å²) in [6.45, 7) is 2.21. The van der Waals surface area contributed by atoms with E-state index in [9.17, 15) is 14.4 Å². The summed E-state index contributed by atoms with van der Waals surface area (Å²) in [5.74, 6) is -1.83. The molecule has 6 heteroatoms. The molecular formula is C18H33NO5. The van der Waals surface area contributed by atoms with Gasteiger partial charge in [0.15, 0.2) is 0 Å². The van der Waals surface area contributed by atoms with Gasteiger partial charge in [0.25, 0.3) is 0 Å². The van der Waals surface area contributed by atoms with Crippen LogP contribution in [0.2, 0.25) is 0 Å². The first kappa shape index (κ1) is 22.4. The number of hydrogen-bond acceptors (Lipinski definition) is 4. The maximum absolute atomic E-state index is 11.9. The van der Waals surface area contributed by atoms with E-state index in [0.29, 0.717) is 6.42 Å². The van der Waals surface area contributed by atoms with Gasteiger partial charge in [-0.1, -0.05) is 58.3 Å². The fraction of sp³-hybridized carbons (Fsp3) is 0.833. The summed E-state index contributed by atoms with van der Waals surface area (Å²) in [7, 11) is 1.22. The highest BCUT2D eigenvalue weighted by atomic mass is 16.5. The Balaban J connectivity index is 3.80. The minimum Gasteiger partial charge on any atom is -0.481 e. The molecule has 0 aromatic rings. The van der Waals surface area contributed by atoms with E-state index in [1.165, 1.54) is 45.6 Å². The SMILES string of the molecule is CCCCCCCCCCCC(=O)NC(CCC(=O)O)C(=O)OC. The third kappa shape index (κ3) is 12.9.